The summed E-state index contributed by atoms with van der Waals surface area (Å²) in [7, 11) is 1.09. The summed E-state index contributed by atoms with van der Waals surface area (Å²) in [5.74, 6) is 2.28. The Kier molecular flexibility index (Phi) is 1.58. The lowest BCUT2D eigenvalue weighted by Gasteiger charge is -2.00. The van der Waals surface area contributed by atoms with Crippen molar-refractivity contribution in [3.63, 3.8) is 0 Å². The van der Waals surface area contributed by atoms with Crippen LogP contribution in [-0.4, -0.2) is 7.48 Å². The molecule has 0 unspecified atom stereocenters. The summed E-state index contributed by atoms with van der Waals surface area (Å²) in [6, 6.07) is 0. The largest absolute Gasteiger partial charge is 0.483 e. The molecule has 0 aromatic carbocycles. The van der Waals surface area contributed by atoms with Gasteiger partial charge in [0.05, 0.1) is 0 Å². The second-order valence-corrected chi connectivity index (χ2v) is 0.680. The molecule has 1 aliphatic rings. The van der Waals surface area contributed by atoms with Crippen LogP contribution in [0.5, 0.6) is 0 Å². The SMILES string of the molecule is [B-]1C#COOOO1. The molecule has 4 nitrogen and oxygen atoms in total. The Labute approximate surface area is 40.4 Å². The van der Waals surface area contributed by atoms with Crippen LogP contribution in [0.1, 0.15) is 0 Å². The van der Waals surface area contributed by atoms with Crippen molar-refractivity contribution in [2.75, 3.05) is 0 Å². The van der Waals surface area contributed by atoms with Gasteiger partial charge in [-0.05, 0) is 7.48 Å². The van der Waals surface area contributed by atoms with Crippen LogP contribution in [0.25, 0.3) is 0 Å². The third-order valence-corrected chi connectivity index (χ3v) is 0.309. The maximum atomic E-state index is 4.05. The van der Waals surface area contributed by atoms with E-state index in [2.05, 4.69) is 31.7 Å². The van der Waals surface area contributed by atoms with Crippen LogP contribution in [-0.2, 0) is 19.8 Å². The highest BCUT2D eigenvalue weighted by Gasteiger charge is 1.78. The predicted octanol–water partition coefficient (Wildman–Crippen LogP) is -0.651. The van der Waals surface area contributed by atoms with Crippen LogP contribution in [0.2, 0.25) is 0 Å². The Bertz CT molecular complexity index is 92.0. The van der Waals surface area contributed by atoms with E-state index >= 15 is 0 Å². The normalized spacial score (nSPS) is 18.3. The zero-order valence-electron chi connectivity index (χ0n) is 3.21. The van der Waals surface area contributed by atoms with Gasteiger partial charge in [0.1, 0.15) is 6.11 Å². The molecule has 1 rings (SSSR count). The summed E-state index contributed by atoms with van der Waals surface area (Å²) in [5.41, 5.74) is 0. The fourth-order valence-corrected chi connectivity index (χ4v) is 0.139. The molecule has 1 aliphatic heterocycles. The van der Waals surface area contributed by atoms with Gasteiger partial charge in [-0.25, -0.2) is 0 Å². The van der Waals surface area contributed by atoms with Gasteiger partial charge in [0, 0.05) is 5.04 Å². The van der Waals surface area contributed by atoms with Gasteiger partial charge in [0.2, 0.25) is 0 Å². The quantitative estimate of drug-likeness (QED) is 0.229. The van der Waals surface area contributed by atoms with Crippen molar-refractivity contribution in [1.82, 2.24) is 0 Å². The van der Waals surface area contributed by atoms with Gasteiger partial charge in [0.15, 0.2) is 0 Å². The smallest absolute Gasteiger partial charge is 0.110 e. The molecule has 0 N–H and O–H groups in total. The van der Waals surface area contributed by atoms with Crippen molar-refractivity contribution in [3.05, 3.63) is 0 Å². The Morgan fingerprint density at radius 1 is 1.29 bits per heavy atom. The van der Waals surface area contributed by atoms with Crippen LogP contribution in [0, 0.1) is 11.9 Å². The van der Waals surface area contributed by atoms with Crippen LogP contribution < -0.4 is 0 Å². The molecule has 0 aromatic heterocycles. The Morgan fingerprint density at radius 2 is 2.29 bits per heavy atom. The van der Waals surface area contributed by atoms with E-state index in [0.29, 0.717) is 0 Å². The van der Waals surface area contributed by atoms with Gasteiger partial charge >= 0.3 is 0 Å². The second kappa shape index (κ2) is 2.47. The highest BCUT2D eigenvalue weighted by Crippen LogP contribution is 1.82. The standard InChI is InChI=1S/C2BO4/c1-2-4-6-7-5-3-1/q-1. The van der Waals surface area contributed by atoms with Gasteiger partial charge < -0.3 is 10.6 Å². The molecule has 0 bridgehead atoms. The van der Waals surface area contributed by atoms with E-state index in [1.54, 1.807) is 0 Å². The molecule has 0 saturated heterocycles. The number of hydrogen-bond donors (Lipinski definition) is 0. The molecule has 2 radical (unpaired) electrons. The second-order valence-electron chi connectivity index (χ2n) is 0.680. The van der Waals surface area contributed by atoms with E-state index in [-0.39, 0.29) is 0 Å². The molecule has 0 aromatic rings. The lowest BCUT2D eigenvalue weighted by Crippen LogP contribution is -1.93. The lowest BCUT2D eigenvalue weighted by molar-refractivity contribution is -0.589. The first-order valence-electron chi connectivity index (χ1n) is 1.48. The Morgan fingerprint density at radius 3 is 3.29 bits per heavy atom. The molecule has 1 heterocycles. The molecule has 36 valence electrons. The first-order valence-corrected chi connectivity index (χ1v) is 1.48. The Hall–Kier alpha value is -0.695. The van der Waals surface area contributed by atoms with E-state index in [0.717, 1.165) is 7.48 Å². The molecule has 0 spiro atoms. The predicted molar refractivity (Wildman–Crippen MR) is 17.9 cm³/mol. The van der Waals surface area contributed by atoms with Crippen LogP contribution in [0.4, 0.5) is 0 Å². The van der Waals surface area contributed by atoms with E-state index in [1.165, 1.54) is 0 Å². The highest BCUT2D eigenvalue weighted by atomic mass is 17.7. The fourth-order valence-electron chi connectivity index (χ4n) is 0.139. The first-order chi connectivity index (χ1) is 3.50. The van der Waals surface area contributed by atoms with Gasteiger partial charge in [0.25, 0.3) is 0 Å². The zero-order chi connectivity index (χ0) is 4.95. The summed E-state index contributed by atoms with van der Waals surface area (Å²) >= 11 is 0. The Balaban J connectivity index is 2.26. The van der Waals surface area contributed by atoms with E-state index in [1.807, 2.05) is 0 Å². The van der Waals surface area contributed by atoms with Gasteiger partial charge in [-0.3, -0.25) is 4.89 Å². The summed E-state index contributed by atoms with van der Waals surface area (Å²) in [5, 5.41) is 7.56. The van der Waals surface area contributed by atoms with Gasteiger partial charge in [-0.1, -0.05) is 5.04 Å². The number of hydrogen-bond acceptors (Lipinski definition) is 4. The van der Waals surface area contributed by atoms with E-state index in [4.69, 9.17) is 0 Å². The summed E-state index contributed by atoms with van der Waals surface area (Å²) in [4.78, 5) is 8.00. The maximum Gasteiger partial charge on any atom is 0.110 e. The zero-order valence-corrected chi connectivity index (χ0v) is 3.21. The highest BCUT2D eigenvalue weighted by molar-refractivity contribution is 6.38. The minimum absolute atomic E-state index is 1.09. The van der Waals surface area contributed by atoms with Crippen LogP contribution >= 0.6 is 0 Å². The molecule has 0 fully saturated rings. The summed E-state index contributed by atoms with van der Waals surface area (Å²) < 4.78 is 0. The van der Waals surface area contributed by atoms with Crippen molar-refractivity contribution in [3.8, 4) is 11.9 Å². The van der Waals surface area contributed by atoms with Gasteiger partial charge in [-0.15, -0.1) is 0 Å². The molecule has 0 atom stereocenters. The average molecular weight is 98.8 g/mol. The van der Waals surface area contributed by atoms with Crippen LogP contribution in [0.3, 0.4) is 0 Å². The minimum Gasteiger partial charge on any atom is -0.483 e. The molecule has 0 saturated carbocycles. The summed E-state index contributed by atoms with van der Waals surface area (Å²) in [6.45, 7) is 0. The van der Waals surface area contributed by atoms with E-state index in [9.17, 15) is 0 Å². The lowest BCUT2D eigenvalue weighted by atomic mass is 10.1. The van der Waals surface area contributed by atoms with E-state index < -0.39 is 0 Å². The topological polar surface area (TPSA) is 36.9 Å². The van der Waals surface area contributed by atoms with Crippen molar-refractivity contribution in [2.24, 2.45) is 0 Å². The first kappa shape index (κ1) is 4.46. The van der Waals surface area contributed by atoms with Crippen molar-refractivity contribution >= 4 is 7.48 Å². The van der Waals surface area contributed by atoms with Crippen molar-refractivity contribution in [1.29, 1.82) is 0 Å². The molecular formula is C2BO4-. The monoisotopic (exact) mass is 99.0 g/mol. The molecule has 0 amide bonds. The minimum atomic E-state index is 1.09. The summed E-state index contributed by atoms with van der Waals surface area (Å²) in [6.07, 6.45) is 2.07. The van der Waals surface area contributed by atoms with Crippen LogP contribution in [0.15, 0.2) is 0 Å². The van der Waals surface area contributed by atoms with Crippen molar-refractivity contribution < 1.29 is 19.8 Å². The maximum absolute atomic E-state index is 4.05. The molecule has 5 heteroatoms. The van der Waals surface area contributed by atoms with Gasteiger partial charge in [-0.2, -0.15) is 0 Å². The number of rotatable bonds is 0. The average Bonchev–Trinajstić information content (AvgIpc) is 1.90. The molecule has 7 heavy (non-hydrogen) atoms. The van der Waals surface area contributed by atoms with Crippen molar-refractivity contribution in [2.45, 2.75) is 0 Å². The molecule has 0 aliphatic carbocycles. The third kappa shape index (κ3) is 1.46. The molecular weight excluding hydrogens is 98.8 g/mol. The fraction of sp³-hybridized carbons (Fsp3) is 0. The third-order valence-electron chi connectivity index (χ3n) is 0.309.